The zero-order valence-corrected chi connectivity index (χ0v) is 10.1. The van der Waals surface area contributed by atoms with E-state index in [1.54, 1.807) is 6.92 Å². The van der Waals surface area contributed by atoms with Crippen molar-refractivity contribution in [3.05, 3.63) is 11.3 Å². The maximum absolute atomic E-state index is 11.1. The molecule has 0 bridgehead atoms. The highest BCUT2D eigenvalue weighted by Gasteiger charge is 2.20. The molecule has 1 aromatic rings. The van der Waals surface area contributed by atoms with Crippen LogP contribution in [0.4, 0.5) is 5.82 Å². The Morgan fingerprint density at radius 2 is 2.00 bits per heavy atom. The van der Waals surface area contributed by atoms with Crippen LogP contribution in [0.25, 0.3) is 0 Å². The molecule has 0 aliphatic heterocycles. The van der Waals surface area contributed by atoms with Crippen molar-refractivity contribution >= 4 is 11.8 Å². The molecule has 0 amide bonds. The summed E-state index contributed by atoms with van der Waals surface area (Å²) in [5, 5.41) is 19.2. The largest absolute Gasteiger partial charge is 0.477 e. The van der Waals surface area contributed by atoms with Gasteiger partial charge in [-0.25, -0.2) is 4.79 Å². The lowest BCUT2D eigenvalue weighted by Gasteiger charge is -2.16. The van der Waals surface area contributed by atoms with Crippen molar-refractivity contribution in [2.75, 3.05) is 5.32 Å². The van der Waals surface area contributed by atoms with E-state index >= 15 is 0 Å². The number of aromatic nitrogens is 2. The number of aromatic carboxylic acids is 1. The number of aromatic amines is 1. The molecular weight excluding hydrogens is 218 g/mol. The summed E-state index contributed by atoms with van der Waals surface area (Å²) in [6.07, 6.45) is 7.19. The third-order valence-corrected chi connectivity index (χ3v) is 3.36. The number of carbonyl (C=O) groups is 1. The molecule has 3 N–H and O–H groups in total. The fraction of sp³-hybridized carbons (Fsp3) is 0.667. The Hall–Kier alpha value is -1.52. The molecule has 94 valence electrons. The predicted molar refractivity (Wildman–Crippen MR) is 65.4 cm³/mol. The third kappa shape index (κ3) is 2.78. The van der Waals surface area contributed by atoms with E-state index in [1.807, 2.05) is 0 Å². The van der Waals surface area contributed by atoms with Gasteiger partial charge in [0.2, 0.25) is 0 Å². The molecule has 1 aliphatic carbocycles. The molecule has 0 unspecified atom stereocenters. The minimum atomic E-state index is -0.924. The van der Waals surface area contributed by atoms with Crippen LogP contribution in [0.3, 0.4) is 0 Å². The highest BCUT2D eigenvalue weighted by Crippen LogP contribution is 2.23. The molecule has 1 fully saturated rings. The van der Waals surface area contributed by atoms with Crippen molar-refractivity contribution in [2.45, 2.75) is 51.5 Å². The van der Waals surface area contributed by atoms with Crippen molar-refractivity contribution in [3.8, 4) is 0 Å². The molecule has 0 saturated heterocycles. The quantitative estimate of drug-likeness (QED) is 0.706. The molecule has 5 nitrogen and oxygen atoms in total. The molecule has 1 aromatic heterocycles. The van der Waals surface area contributed by atoms with E-state index in [4.69, 9.17) is 5.11 Å². The lowest BCUT2D eigenvalue weighted by atomic mass is 10.1. The summed E-state index contributed by atoms with van der Waals surface area (Å²) in [6, 6.07) is 0.360. The molecule has 1 aliphatic rings. The lowest BCUT2D eigenvalue weighted by molar-refractivity contribution is 0.0697. The number of H-pyrrole nitrogens is 1. The van der Waals surface area contributed by atoms with E-state index < -0.39 is 5.97 Å². The fourth-order valence-corrected chi connectivity index (χ4v) is 2.41. The zero-order valence-electron chi connectivity index (χ0n) is 10.1. The molecule has 0 atom stereocenters. The van der Waals surface area contributed by atoms with Gasteiger partial charge >= 0.3 is 5.97 Å². The van der Waals surface area contributed by atoms with Crippen molar-refractivity contribution in [3.63, 3.8) is 0 Å². The Labute approximate surface area is 101 Å². The van der Waals surface area contributed by atoms with Crippen LogP contribution in [0, 0.1) is 6.92 Å². The normalized spacial score (nSPS) is 17.7. The molecular formula is C12H19N3O2. The second kappa shape index (κ2) is 5.21. The number of carboxylic acids is 1. The summed E-state index contributed by atoms with van der Waals surface area (Å²) < 4.78 is 0. The van der Waals surface area contributed by atoms with Crippen LogP contribution in [-0.4, -0.2) is 27.3 Å². The summed E-state index contributed by atoms with van der Waals surface area (Å²) >= 11 is 0. The van der Waals surface area contributed by atoms with Crippen LogP contribution in [0.2, 0.25) is 0 Å². The maximum atomic E-state index is 11.1. The summed E-state index contributed by atoms with van der Waals surface area (Å²) in [6.45, 7) is 1.73. The summed E-state index contributed by atoms with van der Waals surface area (Å²) in [5.41, 5.74) is 0.878. The standard InChI is InChI=1S/C12H19N3O2/c1-8-10(12(16)17)11(15-14-8)13-9-6-4-2-3-5-7-9/h9H,2-7H2,1H3,(H,16,17)(H2,13,14,15). The average molecular weight is 237 g/mol. The summed E-state index contributed by atoms with van der Waals surface area (Å²) in [4.78, 5) is 11.1. The first-order valence-electron chi connectivity index (χ1n) is 6.23. The van der Waals surface area contributed by atoms with Crippen molar-refractivity contribution in [1.29, 1.82) is 0 Å². The fourth-order valence-electron chi connectivity index (χ4n) is 2.41. The Morgan fingerprint density at radius 1 is 1.35 bits per heavy atom. The smallest absolute Gasteiger partial charge is 0.341 e. The molecule has 1 saturated carbocycles. The number of aryl methyl sites for hydroxylation is 1. The van der Waals surface area contributed by atoms with E-state index in [-0.39, 0.29) is 5.56 Å². The number of anilines is 1. The van der Waals surface area contributed by atoms with E-state index in [2.05, 4.69) is 15.5 Å². The van der Waals surface area contributed by atoms with E-state index in [0.717, 1.165) is 12.8 Å². The van der Waals surface area contributed by atoms with Crippen molar-refractivity contribution in [2.24, 2.45) is 0 Å². The van der Waals surface area contributed by atoms with Crippen LogP contribution >= 0.6 is 0 Å². The van der Waals surface area contributed by atoms with Gasteiger partial charge in [-0.1, -0.05) is 25.7 Å². The van der Waals surface area contributed by atoms with Gasteiger partial charge in [-0.15, -0.1) is 0 Å². The average Bonchev–Trinajstić information content (AvgIpc) is 2.51. The first-order valence-corrected chi connectivity index (χ1v) is 6.23. The summed E-state index contributed by atoms with van der Waals surface area (Å²) in [7, 11) is 0. The Kier molecular flexibility index (Phi) is 3.66. The molecule has 5 heteroatoms. The van der Waals surface area contributed by atoms with Gasteiger partial charge in [-0.05, 0) is 19.8 Å². The zero-order chi connectivity index (χ0) is 12.3. The van der Waals surface area contributed by atoms with Crippen molar-refractivity contribution in [1.82, 2.24) is 10.2 Å². The molecule has 1 heterocycles. The minimum absolute atomic E-state index is 0.272. The molecule has 0 spiro atoms. The van der Waals surface area contributed by atoms with Gasteiger partial charge in [0.1, 0.15) is 5.56 Å². The molecule has 0 radical (unpaired) electrons. The highest BCUT2D eigenvalue weighted by atomic mass is 16.4. The van der Waals surface area contributed by atoms with Crippen LogP contribution in [0.5, 0.6) is 0 Å². The van der Waals surface area contributed by atoms with Crippen molar-refractivity contribution < 1.29 is 9.90 Å². The first kappa shape index (κ1) is 12.0. The highest BCUT2D eigenvalue weighted by molar-refractivity contribution is 5.94. The number of carboxylic acid groups (broad SMARTS) is 1. The molecule has 17 heavy (non-hydrogen) atoms. The lowest BCUT2D eigenvalue weighted by Crippen LogP contribution is -2.20. The van der Waals surface area contributed by atoms with E-state index in [1.165, 1.54) is 25.7 Å². The van der Waals surface area contributed by atoms with Gasteiger partial charge in [0.25, 0.3) is 0 Å². The summed E-state index contributed by atoms with van der Waals surface area (Å²) in [5.74, 6) is -0.436. The number of hydrogen-bond acceptors (Lipinski definition) is 3. The Morgan fingerprint density at radius 3 is 2.59 bits per heavy atom. The second-order valence-corrected chi connectivity index (χ2v) is 4.71. The Balaban J connectivity index is 2.09. The van der Waals surface area contributed by atoms with Crippen LogP contribution in [0.1, 0.15) is 54.6 Å². The Bertz CT molecular complexity index is 392. The number of nitrogens with one attached hydrogen (secondary N) is 2. The van der Waals surface area contributed by atoms with Gasteiger partial charge in [0, 0.05) is 11.7 Å². The third-order valence-electron chi connectivity index (χ3n) is 3.36. The number of nitrogens with zero attached hydrogens (tertiary/aromatic N) is 1. The number of hydrogen-bond donors (Lipinski definition) is 3. The minimum Gasteiger partial charge on any atom is -0.477 e. The monoisotopic (exact) mass is 237 g/mol. The van der Waals surface area contributed by atoms with Gasteiger partial charge in [0.15, 0.2) is 5.82 Å². The number of rotatable bonds is 3. The first-order chi connectivity index (χ1) is 8.18. The van der Waals surface area contributed by atoms with E-state index in [0.29, 0.717) is 17.6 Å². The van der Waals surface area contributed by atoms with Gasteiger partial charge < -0.3 is 10.4 Å². The molecule has 2 rings (SSSR count). The topological polar surface area (TPSA) is 78.0 Å². The molecule has 0 aromatic carbocycles. The SMILES string of the molecule is Cc1[nH]nc(NC2CCCCCC2)c1C(=O)O. The van der Waals surface area contributed by atoms with Crippen LogP contribution in [0.15, 0.2) is 0 Å². The van der Waals surface area contributed by atoms with E-state index in [9.17, 15) is 4.79 Å². The van der Waals surface area contributed by atoms with Crippen LogP contribution in [-0.2, 0) is 0 Å². The predicted octanol–water partition coefficient (Wildman–Crippen LogP) is 2.55. The van der Waals surface area contributed by atoms with Gasteiger partial charge in [0.05, 0.1) is 0 Å². The van der Waals surface area contributed by atoms with Gasteiger partial charge in [-0.3, -0.25) is 5.10 Å². The van der Waals surface area contributed by atoms with Crippen LogP contribution < -0.4 is 5.32 Å². The van der Waals surface area contributed by atoms with Gasteiger partial charge in [-0.2, -0.15) is 5.10 Å². The maximum Gasteiger partial charge on any atom is 0.341 e. The second-order valence-electron chi connectivity index (χ2n) is 4.71.